The van der Waals surface area contributed by atoms with Crippen molar-refractivity contribution in [3.63, 3.8) is 0 Å². The van der Waals surface area contributed by atoms with Crippen LogP contribution in [0.3, 0.4) is 0 Å². The molecule has 5 heteroatoms. The molecule has 1 aliphatic rings. The molecule has 0 spiro atoms. The highest BCUT2D eigenvalue weighted by Gasteiger charge is 2.44. The lowest BCUT2D eigenvalue weighted by molar-refractivity contribution is 0.623. The Kier molecular flexibility index (Phi) is 3.56. The maximum absolute atomic E-state index is 13.0. The van der Waals surface area contributed by atoms with Gasteiger partial charge in [-0.3, -0.25) is 4.99 Å². The average Bonchev–Trinajstić information content (AvgIpc) is 3.28. The van der Waals surface area contributed by atoms with Crippen molar-refractivity contribution >= 4 is 11.8 Å². The minimum absolute atomic E-state index is 0.0180. The van der Waals surface area contributed by atoms with Crippen molar-refractivity contribution in [3.8, 4) is 0 Å². The molecular weight excluding hydrogens is 267 g/mol. The lowest BCUT2D eigenvalue weighted by Gasteiger charge is -2.13. The number of nitrogens with two attached hydrogens (primary N) is 1. The van der Waals surface area contributed by atoms with Crippen molar-refractivity contribution in [2.24, 2.45) is 10.7 Å². The van der Waals surface area contributed by atoms with Gasteiger partial charge in [-0.15, -0.1) is 0 Å². The standard InChI is InChI=1S/C16H17FN4/c17-13-6-4-12(5-7-13)16(8-9-16)11-20-15(18)21-14-3-1-2-10-19-14/h1-7,10H,8-9,11H2,(H3,18,19,20,21). The van der Waals surface area contributed by atoms with Crippen LogP contribution in [0.2, 0.25) is 0 Å². The van der Waals surface area contributed by atoms with Crippen molar-refractivity contribution in [2.75, 3.05) is 11.9 Å². The molecule has 0 bridgehead atoms. The third-order valence-electron chi connectivity index (χ3n) is 3.78. The number of nitrogens with one attached hydrogen (secondary N) is 1. The first-order chi connectivity index (χ1) is 10.2. The number of rotatable bonds is 4. The van der Waals surface area contributed by atoms with Crippen LogP contribution in [-0.2, 0) is 5.41 Å². The number of nitrogens with zero attached hydrogens (tertiary/aromatic N) is 2. The second-order valence-electron chi connectivity index (χ2n) is 5.33. The summed E-state index contributed by atoms with van der Waals surface area (Å²) < 4.78 is 13.0. The minimum atomic E-state index is -0.214. The molecule has 0 atom stereocenters. The Labute approximate surface area is 122 Å². The number of aromatic nitrogens is 1. The molecule has 1 aromatic heterocycles. The molecule has 0 unspecified atom stereocenters. The zero-order valence-corrected chi connectivity index (χ0v) is 11.6. The van der Waals surface area contributed by atoms with Crippen LogP contribution >= 0.6 is 0 Å². The van der Waals surface area contributed by atoms with Crippen molar-refractivity contribution < 1.29 is 4.39 Å². The first kappa shape index (κ1) is 13.5. The van der Waals surface area contributed by atoms with E-state index in [0.717, 1.165) is 18.4 Å². The number of guanidine groups is 1. The highest BCUT2D eigenvalue weighted by molar-refractivity contribution is 5.91. The van der Waals surface area contributed by atoms with Gasteiger partial charge >= 0.3 is 0 Å². The van der Waals surface area contributed by atoms with E-state index >= 15 is 0 Å². The molecule has 108 valence electrons. The van der Waals surface area contributed by atoms with Crippen molar-refractivity contribution in [1.29, 1.82) is 0 Å². The first-order valence-corrected chi connectivity index (χ1v) is 6.92. The molecular formula is C16H17FN4. The van der Waals surface area contributed by atoms with E-state index in [1.165, 1.54) is 12.1 Å². The van der Waals surface area contributed by atoms with Crippen LogP contribution in [0.5, 0.6) is 0 Å². The van der Waals surface area contributed by atoms with Gasteiger partial charge in [-0.1, -0.05) is 18.2 Å². The van der Waals surface area contributed by atoms with Gasteiger partial charge < -0.3 is 11.1 Å². The van der Waals surface area contributed by atoms with E-state index in [9.17, 15) is 4.39 Å². The summed E-state index contributed by atoms with van der Waals surface area (Å²) in [4.78, 5) is 8.54. The van der Waals surface area contributed by atoms with Gasteiger partial charge in [-0.2, -0.15) is 0 Å². The fourth-order valence-electron chi connectivity index (χ4n) is 2.34. The predicted molar refractivity (Wildman–Crippen MR) is 81.7 cm³/mol. The molecule has 3 N–H and O–H groups in total. The Morgan fingerprint density at radius 2 is 2.00 bits per heavy atom. The highest BCUT2D eigenvalue weighted by atomic mass is 19.1. The largest absolute Gasteiger partial charge is 0.370 e. The lowest BCUT2D eigenvalue weighted by Crippen LogP contribution is -2.25. The minimum Gasteiger partial charge on any atom is -0.370 e. The highest BCUT2D eigenvalue weighted by Crippen LogP contribution is 2.48. The van der Waals surface area contributed by atoms with E-state index in [1.807, 2.05) is 30.3 Å². The quantitative estimate of drug-likeness (QED) is 0.670. The first-order valence-electron chi connectivity index (χ1n) is 6.92. The lowest BCUT2D eigenvalue weighted by atomic mass is 9.96. The molecule has 1 aromatic carbocycles. The molecule has 1 aliphatic carbocycles. The van der Waals surface area contributed by atoms with E-state index in [-0.39, 0.29) is 11.2 Å². The summed E-state index contributed by atoms with van der Waals surface area (Å²) in [6.07, 6.45) is 3.80. The maximum atomic E-state index is 13.0. The van der Waals surface area contributed by atoms with Gasteiger partial charge in [0.1, 0.15) is 11.6 Å². The van der Waals surface area contributed by atoms with Gasteiger partial charge in [0.15, 0.2) is 5.96 Å². The summed E-state index contributed by atoms with van der Waals surface area (Å²) in [5.41, 5.74) is 7.02. The number of hydrogen-bond donors (Lipinski definition) is 2. The predicted octanol–water partition coefficient (Wildman–Crippen LogP) is 2.68. The molecule has 0 saturated heterocycles. The van der Waals surface area contributed by atoms with E-state index in [1.54, 1.807) is 6.20 Å². The fraction of sp³-hybridized carbons (Fsp3) is 0.250. The van der Waals surface area contributed by atoms with Crippen molar-refractivity contribution in [3.05, 3.63) is 60.0 Å². The summed E-state index contributed by atoms with van der Waals surface area (Å²) in [6.45, 7) is 0.601. The van der Waals surface area contributed by atoms with Crippen LogP contribution in [0.4, 0.5) is 10.2 Å². The summed E-state index contributed by atoms with van der Waals surface area (Å²) in [6, 6.07) is 12.2. The Bertz CT molecular complexity index is 633. The van der Waals surface area contributed by atoms with Crippen LogP contribution in [0.15, 0.2) is 53.7 Å². The number of pyridine rings is 1. The molecule has 0 radical (unpaired) electrons. The average molecular weight is 284 g/mol. The number of halogens is 1. The van der Waals surface area contributed by atoms with Crippen LogP contribution in [0, 0.1) is 5.82 Å². The Balaban J connectivity index is 1.66. The summed E-state index contributed by atoms with van der Waals surface area (Å²) in [5.74, 6) is 0.807. The van der Waals surface area contributed by atoms with Crippen molar-refractivity contribution in [1.82, 2.24) is 4.98 Å². The Hall–Kier alpha value is -2.43. The van der Waals surface area contributed by atoms with Crippen LogP contribution < -0.4 is 11.1 Å². The van der Waals surface area contributed by atoms with Crippen LogP contribution in [-0.4, -0.2) is 17.5 Å². The molecule has 4 nitrogen and oxygen atoms in total. The maximum Gasteiger partial charge on any atom is 0.194 e. The summed E-state index contributed by atoms with van der Waals surface area (Å²) in [5, 5.41) is 2.96. The van der Waals surface area contributed by atoms with E-state index < -0.39 is 0 Å². The zero-order chi connectivity index (χ0) is 14.7. The van der Waals surface area contributed by atoms with Gasteiger partial charge in [0, 0.05) is 11.6 Å². The molecule has 21 heavy (non-hydrogen) atoms. The number of benzene rings is 1. The number of aliphatic imine (C=N–C) groups is 1. The second kappa shape index (κ2) is 5.52. The van der Waals surface area contributed by atoms with Gasteiger partial charge in [-0.25, -0.2) is 9.37 Å². The van der Waals surface area contributed by atoms with Gasteiger partial charge in [0.05, 0.1) is 6.54 Å². The van der Waals surface area contributed by atoms with Gasteiger partial charge in [-0.05, 0) is 42.7 Å². The Morgan fingerprint density at radius 3 is 2.62 bits per heavy atom. The third kappa shape index (κ3) is 3.18. The SMILES string of the molecule is NC(=NCC1(c2ccc(F)cc2)CC1)Nc1ccccn1. The molecule has 2 aromatic rings. The van der Waals surface area contributed by atoms with Crippen LogP contribution in [0.1, 0.15) is 18.4 Å². The van der Waals surface area contributed by atoms with Crippen LogP contribution in [0.25, 0.3) is 0 Å². The smallest absolute Gasteiger partial charge is 0.194 e. The summed E-state index contributed by atoms with van der Waals surface area (Å²) in [7, 11) is 0. The van der Waals surface area contributed by atoms with E-state index in [0.29, 0.717) is 18.3 Å². The molecule has 3 rings (SSSR count). The van der Waals surface area contributed by atoms with E-state index in [4.69, 9.17) is 5.73 Å². The molecule has 0 amide bonds. The number of anilines is 1. The normalized spacial score (nSPS) is 16.5. The number of hydrogen-bond acceptors (Lipinski definition) is 2. The van der Waals surface area contributed by atoms with E-state index in [2.05, 4.69) is 15.3 Å². The van der Waals surface area contributed by atoms with Crippen molar-refractivity contribution in [2.45, 2.75) is 18.3 Å². The summed E-state index contributed by atoms with van der Waals surface area (Å²) >= 11 is 0. The topological polar surface area (TPSA) is 63.3 Å². The zero-order valence-electron chi connectivity index (χ0n) is 11.6. The molecule has 1 fully saturated rings. The third-order valence-corrected chi connectivity index (χ3v) is 3.78. The van der Waals surface area contributed by atoms with Gasteiger partial charge in [0.25, 0.3) is 0 Å². The molecule has 0 aliphatic heterocycles. The Morgan fingerprint density at radius 1 is 1.24 bits per heavy atom. The molecule has 1 saturated carbocycles. The monoisotopic (exact) mass is 284 g/mol. The fourth-order valence-corrected chi connectivity index (χ4v) is 2.34. The molecule has 1 heterocycles. The second-order valence-corrected chi connectivity index (χ2v) is 5.33. The van der Waals surface area contributed by atoms with Gasteiger partial charge in [0.2, 0.25) is 0 Å².